The van der Waals surface area contributed by atoms with Gasteiger partial charge in [-0.25, -0.2) is 4.39 Å². The third-order valence-corrected chi connectivity index (χ3v) is 2.30. The summed E-state index contributed by atoms with van der Waals surface area (Å²) in [5.41, 5.74) is 6.72. The highest BCUT2D eigenvalue weighted by molar-refractivity contribution is 5.93. The minimum absolute atomic E-state index is 0.0818. The topological polar surface area (TPSA) is 64.3 Å². The molecule has 0 aliphatic heterocycles. The van der Waals surface area contributed by atoms with E-state index in [9.17, 15) is 9.18 Å². The molecule has 0 aliphatic carbocycles. The number of hydrogen-bond donors (Lipinski definition) is 2. The molecule has 0 fully saturated rings. The van der Waals surface area contributed by atoms with Gasteiger partial charge in [0.1, 0.15) is 12.4 Å². The summed E-state index contributed by atoms with van der Waals surface area (Å²) in [6.07, 6.45) is 0.832. The van der Waals surface area contributed by atoms with Crippen LogP contribution in [0.4, 0.5) is 15.8 Å². The van der Waals surface area contributed by atoms with Crippen molar-refractivity contribution in [2.45, 2.75) is 20.3 Å². The molecule has 0 radical (unpaired) electrons. The van der Waals surface area contributed by atoms with Crippen LogP contribution in [0.15, 0.2) is 12.1 Å². The van der Waals surface area contributed by atoms with Gasteiger partial charge in [-0.15, -0.1) is 0 Å². The van der Waals surface area contributed by atoms with E-state index in [-0.39, 0.29) is 18.2 Å². The van der Waals surface area contributed by atoms with E-state index < -0.39 is 5.82 Å². The van der Waals surface area contributed by atoms with Gasteiger partial charge in [-0.2, -0.15) is 0 Å². The summed E-state index contributed by atoms with van der Waals surface area (Å²) in [6, 6.07) is 2.69. The predicted molar refractivity (Wildman–Crippen MR) is 65.3 cm³/mol. The zero-order valence-electron chi connectivity index (χ0n) is 10.0. The lowest BCUT2D eigenvalue weighted by atomic mass is 10.1. The molecule has 94 valence electrons. The van der Waals surface area contributed by atoms with Crippen LogP contribution in [0.25, 0.3) is 0 Å². The van der Waals surface area contributed by atoms with Crippen LogP contribution in [-0.2, 0) is 9.53 Å². The zero-order valence-corrected chi connectivity index (χ0v) is 10.0. The fraction of sp³-hybridized carbons (Fsp3) is 0.417. The SMILES string of the molecule is CCCOCC(=O)Nc1c(F)ccc(N)c1C. The van der Waals surface area contributed by atoms with E-state index in [1.807, 2.05) is 6.92 Å². The van der Waals surface area contributed by atoms with E-state index in [0.717, 1.165) is 6.42 Å². The first kappa shape index (κ1) is 13.4. The average molecular weight is 240 g/mol. The number of rotatable bonds is 5. The Morgan fingerprint density at radius 1 is 1.53 bits per heavy atom. The Hall–Kier alpha value is -1.62. The normalized spacial score (nSPS) is 10.3. The Balaban J connectivity index is 2.68. The van der Waals surface area contributed by atoms with Crippen LogP contribution in [0, 0.1) is 12.7 Å². The second kappa shape index (κ2) is 6.20. The van der Waals surface area contributed by atoms with Crippen molar-refractivity contribution in [2.75, 3.05) is 24.3 Å². The molecule has 0 aliphatic rings. The lowest BCUT2D eigenvalue weighted by molar-refractivity contribution is -0.120. The van der Waals surface area contributed by atoms with Crippen molar-refractivity contribution in [3.05, 3.63) is 23.5 Å². The van der Waals surface area contributed by atoms with Gasteiger partial charge in [0.2, 0.25) is 5.91 Å². The second-order valence-electron chi connectivity index (χ2n) is 3.74. The average Bonchev–Trinajstić information content (AvgIpc) is 2.30. The minimum Gasteiger partial charge on any atom is -0.398 e. The lowest BCUT2D eigenvalue weighted by Crippen LogP contribution is -2.20. The minimum atomic E-state index is -0.499. The standard InChI is InChI=1S/C12H17FN2O2/c1-3-6-17-7-11(16)15-12-8(2)10(14)5-4-9(12)13/h4-5H,3,6-7,14H2,1-2H3,(H,15,16). The summed E-state index contributed by atoms with van der Waals surface area (Å²) in [5, 5.41) is 2.46. The van der Waals surface area contributed by atoms with E-state index in [0.29, 0.717) is 17.9 Å². The van der Waals surface area contributed by atoms with Gasteiger partial charge in [0.25, 0.3) is 0 Å². The molecule has 0 saturated carbocycles. The van der Waals surface area contributed by atoms with Gasteiger partial charge in [0, 0.05) is 12.3 Å². The fourth-order valence-corrected chi connectivity index (χ4v) is 1.33. The highest BCUT2D eigenvalue weighted by Gasteiger charge is 2.11. The van der Waals surface area contributed by atoms with Crippen LogP contribution in [0.3, 0.4) is 0 Å². The number of nitrogen functional groups attached to an aromatic ring is 1. The molecule has 0 bridgehead atoms. The summed E-state index contributed by atoms with van der Waals surface area (Å²) < 4.78 is 18.5. The largest absolute Gasteiger partial charge is 0.398 e. The monoisotopic (exact) mass is 240 g/mol. The summed E-state index contributed by atoms with van der Waals surface area (Å²) >= 11 is 0. The predicted octanol–water partition coefficient (Wildman–Crippen LogP) is 2.08. The van der Waals surface area contributed by atoms with Gasteiger partial charge in [0.05, 0.1) is 5.69 Å². The number of carbonyl (C=O) groups excluding carboxylic acids is 1. The molecular weight excluding hydrogens is 223 g/mol. The molecule has 0 aromatic heterocycles. The first-order chi connectivity index (χ1) is 8.06. The first-order valence-corrected chi connectivity index (χ1v) is 5.48. The molecule has 3 N–H and O–H groups in total. The molecule has 4 nitrogen and oxygen atoms in total. The van der Waals surface area contributed by atoms with Crippen molar-refractivity contribution in [2.24, 2.45) is 0 Å². The van der Waals surface area contributed by atoms with E-state index in [4.69, 9.17) is 10.5 Å². The van der Waals surface area contributed by atoms with Gasteiger partial charge in [-0.3, -0.25) is 4.79 Å². The third kappa shape index (κ3) is 3.71. The van der Waals surface area contributed by atoms with Crippen LogP contribution in [0.5, 0.6) is 0 Å². The molecule has 0 atom stereocenters. The van der Waals surface area contributed by atoms with Crippen LogP contribution >= 0.6 is 0 Å². The molecule has 1 amide bonds. The molecule has 0 spiro atoms. The Morgan fingerprint density at radius 3 is 2.88 bits per heavy atom. The van der Waals surface area contributed by atoms with Gasteiger partial charge >= 0.3 is 0 Å². The maximum Gasteiger partial charge on any atom is 0.250 e. The molecular formula is C12H17FN2O2. The summed E-state index contributed by atoms with van der Waals surface area (Å²) in [4.78, 5) is 11.5. The van der Waals surface area contributed by atoms with E-state index >= 15 is 0 Å². The molecule has 0 saturated heterocycles. The molecule has 5 heteroatoms. The maximum atomic E-state index is 13.5. The van der Waals surface area contributed by atoms with Crippen molar-refractivity contribution in [3.8, 4) is 0 Å². The van der Waals surface area contributed by atoms with Crippen molar-refractivity contribution < 1.29 is 13.9 Å². The molecule has 1 aromatic carbocycles. The number of nitrogens with one attached hydrogen (secondary N) is 1. The maximum absolute atomic E-state index is 13.5. The Labute approximate surface area is 100.0 Å². The van der Waals surface area contributed by atoms with Gasteiger partial charge in [0.15, 0.2) is 0 Å². The summed E-state index contributed by atoms with van der Waals surface area (Å²) in [5.74, 6) is -0.883. The quantitative estimate of drug-likeness (QED) is 0.611. The highest BCUT2D eigenvalue weighted by atomic mass is 19.1. The summed E-state index contributed by atoms with van der Waals surface area (Å²) in [7, 11) is 0. The van der Waals surface area contributed by atoms with E-state index in [2.05, 4.69) is 5.32 Å². The Kier molecular flexibility index (Phi) is 4.90. The van der Waals surface area contributed by atoms with E-state index in [1.54, 1.807) is 6.92 Å². The number of nitrogens with two attached hydrogens (primary N) is 1. The molecule has 0 heterocycles. The number of benzene rings is 1. The number of halogens is 1. The van der Waals surface area contributed by atoms with Crippen molar-refractivity contribution in [1.82, 2.24) is 0 Å². The van der Waals surface area contributed by atoms with Crippen LogP contribution in [-0.4, -0.2) is 19.1 Å². The zero-order chi connectivity index (χ0) is 12.8. The number of hydrogen-bond acceptors (Lipinski definition) is 3. The smallest absolute Gasteiger partial charge is 0.250 e. The van der Waals surface area contributed by atoms with Crippen LogP contribution in [0.1, 0.15) is 18.9 Å². The molecule has 1 rings (SSSR count). The fourth-order valence-electron chi connectivity index (χ4n) is 1.33. The Morgan fingerprint density at radius 2 is 2.24 bits per heavy atom. The van der Waals surface area contributed by atoms with E-state index in [1.165, 1.54) is 12.1 Å². The number of anilines is 2. The van der Waals surface area contributed by atoms with Gasteiger partial charge in [-0.1, -0.05) is 6.92 Å². The van der Waals surface area contributed by atoms with Crippen molar-refractivity contribution in [3.63, 3.8) is 0 Å². The van der Waals surface area contributed by atoms with Crippen LogP contribution < -0.4 is 11.1 Å². The van der Waals surface area contributed by atoms with Gasteiger partial charge < -0.3 is 15.8 Å². The number of ether oxygens (including phenoxy) is 1. The Bertz CT molecular complexity index is 408. The first-order valence-electron chi connectivity index (χ1n) is 5.48. The van der Waals surface area contributed by atoms with Crippen molar-refractivity contribution in [1.29, 1.82) is 0 Å². The van der Waals surface area contributed by atoms with Gasteiger partial charge in [-0.05, 0) is 31.0 Å². The third-order valence-electron chi connectivity index (χ3n) is 2.30. The molecule has 0 unspecified atom stereocenters. The number of carbonyl (C=O) groups is 1. The molecule has 17 heavy (non-hydrogen) atoms. The van der Waals surface area contributed by atoms with Crippen LogP contribution in [0.2, 0.25) is 0 Å². The van der Waals surface area contributed by atoms with Crippen molar-refractivity contribution >= 4 is 17.3 Å². The summed E-state index contributed by atoms with van der Waals surface area (Å²) in [6.45, 7) is 4.02. The second-order valence-corrected chi connectivity index (χ2v) is 3.74. The molecule has 1 aromatic rings. The highest BCUT2D eigenvalue weighted by Crippen LogP contribution is 2.24. The lowest BCUT2D eigenvalue weighted by Gasteiger charge is -2.11. The number of amides is 1.